The molecule has 0 bridgehead atoms. The van der Waals surface area contributed by atoms with E-state index in [4.69, 9.17) is 33.2 Å². The van der Waals surface area contributed by atoms with Gasteiger partial charge in [-0.05, 0) is 25.7 Å². The van der Waals surface area contributed by atoms with Crippen molar-refractivity contribution >= 4 is 23.9 Å². The number of carbonyl (C=O) groups excluding carboxylic acids is 4. The third-order valence-electron chi connectivity index (χ3n) is 9.36. The van der Waals surface area contributed by atoms with Gasteiger partial charge in [-0.1, -0.05) is 91.9 Å². The fourth-order valence-corrected chi connectivity index (χ4v) is 6.15. The molecule has 2 heterocycles. The van der Waals surface area contributed by atoms with Crippen molar-refractivity contribution < 1.29 is 72.8 Å². The molecule has 0 aromatic heterocycles. The first kappa shape index (κ1) is 46.8. The molecule has 15 nitrogen and oxygen atoms in total. The maximum atomic E-state index is 13.4. The van der Waals surface area contributed by atoms with E-state index in [1.54, 1.807) is 0 Å². The van der Waals surface area contributed by atoms with E-state index >= 15 is 0 Å². The lowest BCUT2D eigenvalue weighted by atomic mass is 9.97. The van der Waals surface area contributed by atoms with Crippen molar-refractivity contribution in [3.8, 4) is 0 Å². The molecule has 0 radical (unpaired) electrons. The lowest BCUT2D eigenvalue weighted by Gasteiger charge is -2.47. The summed E-state index contributed by atoms with van der Waals surface area (Å²) >= 11 is 0. The van der Waals surface area contributed by atoms with Gasteiger partial charge in [0.05, 0.1) is 6.61 Å². The summed E-state index contributed by atoms with van der Waals surface area (Å²) in [6.07, 6.45) is -5.04. The molecule has 4 N–H and O–H groups in total. The fraction of sp³-hybridized carbons (Fsp3) is 0.895. The lowest BCUT2D eigenvalue weighted by Crippen LogP contribution is -2.65. The highest BCUT2D eigenvalue weighted by Crippen LogP contribution is 2.33. The summed E-state index contributed by atoms with van der Waals surface area (Å²) in [4.78, 5) is 52.7. The summed E-state index contributed by atoms with van der Waals surface area (Å²) in [5, 5.41) is 41.4. The molecular formula is C38H66O15. The molecule has 15 heteroatoms. The Morgan fingerprint density at radius 1 is 0.491 bits per heavy atom. The molecule has 2 fully saturated rings. The van der Waals surface area contributed by atoms with E-state index < -0.39 is 98.5 Å². The molecule has 10 atom stereocenters. The third kappa shape index (κ3) is 16.5. The summed E-state index contributed by atoms with van der Waals surface area (Å²) in [5.41, 5.74) is 0. The molecule has 2 aliphatic heterocycles. The van der Waals surface area contributed by atoms with Crippen molar-refractivity contribution in [2.24, 2.45) is 0 Å². The predicted octanol–water partition coefficient (Wildman–Crippen LogP) is 3.91. The summed E-state index contributed by atoms with van der Waals surface area (Å²) in [6, 6.07) is 0. The van der Waals surface area contributed by atoms with Gasteiger partial charge in [-0.15, -0.1) is 0 Å². The number of unbranched alkanes of at least 4 members (excludes halogenated alkanes) is 10. The van der Waals surface area contributed by atoms with E-state index in [0.29, 0.717) is 25.7 Å². The topological polar surface area (TPSA) is 214 Å². The molecule has 2 saturated heterocycles. The normalized spacial score (nSPS) is 28.6. The van der Waals surface area contributed by atoms with Gasteiger partial charge < -0.3 is 53.6 Å². The van der Waals surface area contributed by atoms with E-state index in [0.717, 1.165) is 64.2 Å². The highest BCUT2D eigenvalue weighted by Gasteiger charge is 2.55. The van der Waals surface area contributed by atoms with Crippen LogP contribution in [0.15, 0.2) is 0 Å². The molecular weight excluding hydrogens is 696 g/mol. The molecule has 2 rings (SSSR count). The van der Waals surface area contributed by atoms with Gasteiger partial charge in [0.2, 0.25) is 6.29 Å². The third-order valence-corrected chi connectivity index (χ3v) is 9.36. The first-order valence-corrected chi connectivity index (χ1v) is 19.9. The summed E-state index contributed by atoms with van der Waals surface area (Å²) in [7, 11) is 0. The van der Waals surface area contributed by atoms with Crippen LogP contribution >= 0.6 is 0 Å². The molecule has 0 saturated carbocycles. The average molecular weight is 763 g/mol. The van der Waals surface area contributed by atoms with Crippen LogP contribution < -0.4 is 0 Å². The highest BCUT2D eigenvalue weighted by atomic mass is 16.8. The van der Waals surface area contributed by atoms with Crippen LogP contribution in [0.5, 0.6) is 0 Å². The van der Waals surface area contributed by atoms with Crippen molar-refractivity contribution in [3.63, 3.8) is 0 Å². The van der Waals surface area contributed by atoms with Crippen LogP contribution in [-0.2, 0) is 52.3 Å². The number of aliphatic hydroxyl groups is 4. The standard InChI is InChI=1S/C38H66O15/c1-5-9-13-14-18-22-30(43)52-36-35(51-29(42)21-17-12-8-4)34(50-28(41)20-16-11-7-3)26(24-47-27(40)19-15-10-6-2)49-38(36)53-37-33(46)32(45)31(44)25(23-39)48-37/h25-26,31-39,44-46H,5-24H2,1-4H3/t25-,26-,31+,32+,33-,34-,35+,36+,37+,38-/m1/s1. The Bertz CT molecular complexity index is 1050. The number of rotatable bonds is 26. The van der Waals surface area contributed by atoms with E-state index in [1.807, 2.05) is 20.8 Å². The smallest absolute Gasteiger partial charge is 0.306 e. The fourth-order valence-electron chi connectivity index (χ4n) is 6.15. The quantitative estimate of drug-likeness (QED) is 0.0559. The first-order valence-electron chi connectivity index (χ1n) is 19.9. The Labute approximate surface area is 314 Å². The molecule has 2 aliphatic rings. The zero-order chi connectivity index (χ0) is 39.2. The van der Waals surface area contributed by atoms with Crippen LogP contribution in [0, 0.1) is 0 Å². The van der Waals surface area contributed by atoms with Crippen LogP contribution in [0.1, 0.15) is 143 Å². The highest BCUT2D eigenvalue weighted by molar-refractivity contribution is 5.72. The number of hydrogen-bond donors (Lipinski definition) is 4. The van der Waals surface area contributed by atoms with E-state index in [2.05, 4.69) is 6.92 Å². The second kappa shape index (κ2) is 26.4. The predicted molar refractivity (Wildman–Crippen MR) is 190 cm³/mol. The van der Waals surface area contributed by atoms with Crippen LogP contribution in [0.3, 0.4) is 0 Å². The molecule has 308 valence electrons. The molecule has 0 amide bonds. The minimum atomic E-state index is -1.86. The van der Waals surface area contributed by atoms with Gasteiger partial charge in [0, 0.05) is 25.7 Å². The number of carbonyl (C=O) groups is 4. The summed E-state index contributed by atoms with van der Waals surface area (Å²) in [6.45, 7) is 6.83. The maximum absolute atomic E-state index is 13.4. The van der Waals surface area contributed by atoms with Gasteiger partial charge in [-0.25, -0.2) is 0 Å². The summed E-state index contributed by atoms with van der Waals surface area (Å²) < 4.78 is 41.1. The number of esters is 4. The Balaban J connectivity index is 2.55. The minimum absolute atomic E-state index is 0.00439. The Morgan fingerprint density at radius 2 is 0.925 bits per heavy atom. The zero-order valence-corrected chi connectivity index (χ0v) is 32.2. The number of aliphatic hydroxyl groups excluding tert-OH is 4. The Kier molecular flexibility index (Phi) is 23.3. The molecule has 53 heavy (non-hydrogen) atoms. The van der Waals surface area contributed by atoms with Gasteiger partial charge in [-0.3, -0.25) is 19.2 Å². The SMILES string of the molecule is CCCCCCCC(=O)O[C@@H]1[C@@H](O[C@@H]2O[C@H](CO)[C@H](O)[C@H](O)[C@H]2O)O[C@H](COC(=O)CCCCC)[C@@H](OC(=O)CCCCC)[C@@H]1OC(=O)CCCCC. The first-order chi connectivity index (χ1) is 25.5. The van der Waals surface area contributed by atoms with Gasteiger partial charge in [0.15, 0.2) is 24.6 Å². The summed E-state index contributed by atoms with van der Waals surface area (Å²) in [5.74, 6) is -2.52. The van der Waals surface area contributed by atoms with Crippen LogP contribution in [0.4, 0.5) is 0 Å². The van der Waals surface area contributed by atoms with Crippen molar-refractivity contribution in [2.75, 3.05) is 13.2 Å². The van der Waals surface area contributed by atoms with Crippen molar-refractivity contribution in [2.45, 2.75) is 205 Å². The monoisotopic (exact) mass is 762 g/mol. The van der Waals surface area contributed by atoms with Crippen LogP contribution in [0.25, 0.3) is 0 Å². The van der Waals surface area contributed by atoms with Gasteiger partial charge in [-0.2, -0.15) is 0 Å². The second-order valence-corrected chi connectivity index (χ2v) is 14.0. The molecule has 0 aliphatic carbocycles. The van der Waals surface area contributed by atoms with Crippen molar-refractivity contribution in [1.82, 2.24) is 0 Å². The second-order valence-electron chi connectivity index (χ2n) is 14.0. The van der Waals surface area contributed by atoms with E-state index in [9.17, 15) is 39.6 Å². The molecule has 0 unspecified atom stereocenters. The van der Waals surface area contributed by atoms with E-state index in [-0.39, 0.29) is 25.7 Å². The van der Waals surface area contributed by atoms with Crippen molar-refractivity contribution in [1.29, 1.82) is 0 Å². The number of hydrogen-bond acceptors (Lipinski definition) is 15. The number of ether oxygens (including phenoxy) is 7. The lowest BCUT2D eigenvalue weighted by molar-refractivity contribution is -0.377. The average Bonchev–Trinajstić information content (AvgIpc) is 3.13. The maximum Gasteiger partial charge on any atom is 0.306 e. The Hall–Kier alpha value is -2.40. The van der Waals surface area contributed by atoms with Crippen LogP contribution in [0.2, 0.25) is 0 Å². The van der Waals surface area contributed by atoms with Gasteiger partial charge in [0.1, 0.15) is 37.1 Å². The zero-order valence-electron chi connectivity index (χ0n) is 32.2. The minimum Gasteiger partial charge on any atom is -0.463 e. The van der Waals surface area contributed by atoms with Crippen LogP contribution in [-0.4, -0.2) is 119 Å². The largest absolute Gasteiger partial charge is 0.463 e. The Morgan fingerprint density at radius 3 is 1.45 bits per heavy atom. The van der Waals surface area contributed by atoms with Gasteiger partial charge in [0.25, 0.3) is 0 Å². The molecule has 0 spiro atoms. The van der Waals surface area contributed by atoms with Gasteiger partial charge >= 0.3 is 23.9 Å². The molecule has 0 aromatic rings. The molecule has 0 aromatic carbocycles. The van der Waals surface area contributed by atoms with Crippen molar-refractivity contribution in [3.05, 3.63) is 0 Å². The van der Waals surface area contributed by atoms with E-state index in [1.165, 1.54) is 0 Å².